The Hall–Kier alpha value is -3.17. The van der Waals surface area contributed by atoms with Gasteiger partial charge in [-0.1, -0.05) is 12.1 Å². The van der Waals surface area contributed by atoms with E-state index in [1.807, 2.05) is 0 Å². The number of alkyl halides is 5. The van der Waals surface area contributed by atoms with Gasteiger partial charge in [-0.15, -0.1) is 0 Å². The van der Waals surface area contributed by atoms with Crippen LogP contribution in [-0.4, -0.2) is 28.9 Å². The van der Waals surface area contributed by atoms with Crippen LogP contribution in [0.4, 0.5) is 27.6 Å². The number of nitrogens with zero attached hydrogens (tertiary/aromatic N) is 1. The molecule has 10 heteroatoms. The van der Waals surface area contributed by atoms with Gasteiger partial charge in [0.25, 0.3) is 0 Å². The topological polar surface area (TPSA) is 66.8 Å². The number of aromatic carboxylic acids is 1. The molecule has 184 valence electrons. The number of para-hydroxylation sites is 1. The Morgan fingerprint density at radius 3 is 2.26 bits per heavy atom. The Morgan fingerprint density at radius 2 is 1.71 bits per heavy atom. The lowest BCUT2D eigenvalue weighted by Crippen LogP contribution is -2.43. The molecule has 0 heterocycles. The van der Waals surface area contributed by atoms with Crippen LogP contribution < -0.4 is 9.64 Å². The maximum atomic E-state index is 13.5. The van der Waals surface area contributed by atoms with E-state index in [4.69, 9.17) is 4.74 Å². The largest absolute Gasteiger partial charge is 0.478 e. The number of carbonyl (C=O) groups is 2. The molecule has 2 aromatic rings. The molecule has 1 N–H and O–H groups in total. The molecule has 3 rings (SSSR count). The highest BCUT2D eigenvalue weighted by atomic mass is 19.4. The Morgan fingerprint density at radius 1 is 1.09 bits per heavy atom. The number of anilines is 1. The molecule has 5 nitrogen and oxygen atoms in total. The highest BCUT2D eigenvalue weighted by molar-refractivity contribution is 6.03. The molecule has 1 fully saturated rings. The number of hydrogen-bond donors (Lipinski definition) is 1. The number of rotatable bonds is 6. The SMILES string of the molecule is CC(C)N(C(=O)C1CCC(F)(F)CC1)c1ccc(Oc2ccccc2C(F)(F)F)cc1C(=O)O. The summed E-state index contributed by atoms with van der Waals surface area (Å²) >= 11 is 0. The zero-order valence-corrected chi connectivity index (χ0v) is 18.5. The van der Waals surface area contributed by atoms with Gasteiger partial charge < -0.3 is 14.7 Å². The summed E-state index contributed by atoms with van der Waals surface area (Å²) in [5.41, 5.74) is -1.37. The minimum Gasteiger partial charge on any atom is -0.478 e. The normalized spacial score (nSPS) is 16.4. The van der Waals surface area contributed by atoms with Crippen molar-refractivity contribution in [3.63, 3.8) is 0 Å². The first-order chi connectivity index (χ1) is 15.8. The molecule has 0 spiro atoms. The molecule has 0 unspecified atom stereocenters. The van der Waals surface area contributed by atoms with Gasteiger partial charge in [-0.25, -0.2) is 13.6 Å². The fourth-order valence-electron chi connectivity index (χ4n) is 4.01. The number of hydrogen-bond acceptors (Lipinski definition) is 3. The molecule has 0 aliphatic heterocycles. The van der Waals surface area contributed by atoms with Crippen molar-refractivity contribution in [3.8, 4) is 11.5 Å². The summed E-state index contributed by atoms with van der Waals surface area (Å²) in [5.74, 6) is -6.05. The monoisotopic (exact) mass is 485 g/mol. The van der Waals surface area contributed by atoms with Crippen molar-refractivity contribution >= 4 is 17.6 Å². The molecule has 1 amide bonds. The van der Waals surface area contributed by atoms with E-state index in [1.165, 1.54) is 29.2 Å². The molecule has 0 bridgehead atoms. The van der Waals surface area contributed by atoms with Crippen LogP contribution in [0.25, 0.3) is 0 Å². The molecule has 1 aliphatic carbocycles. The summed E-state index contributed by atoms with van der Waals surface area (Å²) in [5, 5.41) is 9.76. The molecule has 0 aromatic heterocycles. The third kappa shape index (κ3) is 5.66. The van der Waals surface area contributed by atoms with Gasteiger partial charge in [0, 0.05) is 24.8 Å². The minimum absolute atomic E-state index is 0.0151. The van der Waals surface area contributed by atoms with Crippen molar-refractivity contribution in [1.82, 2.24) is 0 Å². The van der Waals surface area contributed by atoms with Gasteiger partial charge in [0.1, 0.15) is 11.5 Å². The summed E-state index contributed by atoms with van der Waals surface area (Å²) in [4.78, 5) is 26.4. The third-order valence-electron chi connectivity index (χ3n) is 5.70. The number of benzene rings is 2. The fourth-order valence-corrected chi connectivity index (χ4v) is 4.01. The van der Waals surface area contributed by atoms with E-state index in [0.29, 0.717) is 0 Å². The van der Waals surface area contributed by atoms with Crippen LogP contribution >= 0.6 is 0 Å². The van der Waals surface area contributed by atoms with Crippen molar-refractivity contribution in [2.75, 3.05) is 4.90 Å². The van der Waals surface area contributed by atoms with E-state index in [2.05, 4.69) is 0 Å². The van der Waals surface area contributed by atoms with Crippen LogP contribution in [0.5, 0.6) is 11.5 Å². The number of carboxylic acids is 1. The Kier molecular flexibility index (Phi) is 7.18. The van der Waals surface area contributed by atoms with Crippen LogP contribution in [0, 0.1) is 5.92 Å². The molecular weight excluding hydrogens is 461 g/mol. The van der Waals surface area contributed by atoms with Crippen LogP contribution in [0.15, 0.2) is 42.5 Å². The second-order valence-corrected chi connectivity index (χ2v) is 8.51. The standard InChI is InChI=1S/C24H24F5NO4/c1-14(2)30(21(31)15-9-11-23(25,26)12-10-15)19-8-7-16(13-17(19)22(32)33)34-20-6-4-3-5-18(20)24(27,28)29/h3-8,13-15H,9-12H2,1-2H3,(H,32,33). The van der Waals surface area contributed by atoms with E-state index < -0.39 is 60.1 Å². The molecule has 0 atom stereocenters. The molecule has 34 heavy (non-hydrogen) atoms. The van der Waals surface area contributed by atoms with E-state index in [1.54, 1.807) is 13.8 Å². The lowest BCUT2D eigenvalue weighted by molar-refractivity contribution is -0.138. The lowest BCUT2D eigenvalue weighted by Gasteiger charge is -2.34. The van der Waals surface area contributed by atoms with Gasteiger partial charge in [-0.2, -0.15) is 13.2 Å². The lowest BCUT2D eigenvalue weighted by atomic mass is 9.85. The Balaban J connectivity index is 1.94. The number of ether oxygens (including phenoxy) is 1. The maximum Gasteiger partial charge on any atom is 0.419 e. The van der Waals surface area contributed by atoms with Gasteiger partial charge in [-0.05, 0) is 57.0 Å². The van der Waals surface area contributed by atoms with Gasteiger partial charge >= 0.3 is 12.1 Å². The van der Waals surface area contributed by atoms with Gasteiger partial charge in [0.2, 0.25) is 11.8 Å². The van der Waals surface area contributed by atoms with Crippen LogP contribution in [0.2, 0.25) is 0 Å². The molecule has 0 saturated heterocycles. The summed E-state index contributed by atoms with van der Waals surface area (Å²) in [7, 11) is 0. The van der Waals surface area contributed by atoms with E-state index in [0.717, 1.165) is 18.2 Å². The third-order valence-corrected chi connectivity index (χ3v) is 5.70. The molecule has 0 radical (unpaired) electrons. The quantitative estimate of drug-likeness (QED) is 0.459. The fraction of sp³-hybridized carbons (Fsp3) is 0.417. The zero-order valence-electron chi connectivity index (χ0n) is 18.5. The van der Waals surface area contributed by atoms with Crippen LogP contribution in [0.1, 0.15) is 55.5 Å². The second-order valence-electron chi connectivity index (χ2n) is 8.51. The molecule has 1 saturated carbocycles. The van der Waals surface area contributed by atoms with Crippen molar-refractivity contribution in [2.45, 2.75) is 57.7 Å². The van der Waals surface area contributed by atoms with Crippen LogP contribution in [-0.2, 0) is 11.0 Å². The van der Waals surface area contributed by atoms with Crippen molar-refractivity contribution in [2.24, 2.45) is 5.92 Å². The molecular formula is C24H24F5NO4. The Labute approximate surface area is 193 Å². The predicted octanol–water partition coefficient (Wildman–Crippen LogP) is 6.76. The van der Waals surface area contributed by atoms with E-state index in [9.17, 15) is 36.6 Å². The maximum absolute atomic E-state index is 13.5. The minimum atomic E-state index is -4.68. The molecule has 2 aromatic carbocycles. The summed E-state index contributed by atoms with van der Waals surface area (Å²) in [6.07, 6.45) is -5.57. The van der Waals surface area contributed by atoms with Crippen molar-refractivity contribution < 1.29 is 41.4 Å². The average Bonchev–Trinajstić information content (AvgIpc) is 2.74. The number of amides is 1. The second kappa shape index (κ2) is 9.60. The first-order valence-corrected chi connectivity index (χ1v) is 10.7. The smallest absolute Gasteiger partial charge is 0.419 e. The zero-order chi connectivity index (χ0) is 25.3. The summed E-state index contributed by atoms with van der Waals surface area (Å²) in [6.45, 7) is 3.32. The highest BCUT2D eigenvalue weighted by Gasteiger charge is 2.40. The van der Waals surface area contributed by atoms with Gasteiger partial charge in [0.05, 0.1) is 16.8 Å². The summed E-state index contributed by atoms with van der Waals surface area (Å²) in [6, 6.07) is 7.61. The van der Waals surface area contributed by atoms with E-state index in [-0.39, 0.29) is 29.8 Å². The number of halogens is 5. The predicted molar refractivity (Wildman–Crippen MR) is 114 cm³/mol. The summed E-state index contributed by atoms with van der Waals surface area (Å²) < 4.78 is 72.2. The molecule has 1 aliphatic rings. The Bertz CT molecular complexity index is 1060. The van der Waals surface area contributed by atoms with Crippen molar-refractivity contribution in [1.29, 1.82) is 0 Å². The van der Waals surface area contributed by atoms with E-state index >= 15 is 0 Å². The van der Waals surface area contributed by atoms with Gasteiger partial charge in [0.15, 0.2) is 0 Å². The van der Waals surface area contributed by atoms with Gasteiger partial charge in [-0.3, -0.25) is 4.79 Å². The average molecular weight is 485 g/mol. The van der Waals surface area contributed by atoms with Crippen molar-refractivity contribution in [3.05, 3.63) is 53.6 Å². The first-order valence-electron chi connectivity index (χ1n) is 10.7. The number of carbonyl (C=O) groups excluding carboxylic acids is 1. The van der Waals surface area contributed by atoms with Crippen LogP contribution in [0.3, 0.4) is 0 Å². The first kappa shape index (κ1) is 25.5. The number of carboxylic acid groups (broad SMARTS) is 1. The highest BCUT2D eigenvalue weighted by Crippen LogP contribution is 2.40.